The molecule has 0 aromatic rings. The van der Waals surface area contributed by atoms with E-state index < -0.39 is 0 Å². The molecule has 0 aromatic carbocycles. The van der Waals surface area contributed by atoms with Crippen LogP contribution in [0, 0.1) is 11.3 Å². The standard InChI is InChI=1S/C10H18O2/c1-10(2,3)7-6-12-8-4-5-11-9(7)8/h7-9H,4-6H2,1-3H3. The van der Waals surface area contributed by atoms with Crippen molar-refractivity contribution in [1.29, 1.82) is 0 Å². The summed E-state index contributed by atoms with van der Waals surface area (Å²) < 4.78 is 11.4. The molecule has 2 heterocycles. The van der Waals surface area contributed by atoms with E-state index in [0.717, 1.165) is 19.6 Å². The van der Waals surface area contributed by atoms with Crippen LogP contribution in [0.1, 0.15) is 27.2 Å². The maximum Gasteiger partial charge on any atom is 0.0892 e. The zero-order chi connectivity index (χ0) is 8.77. The highest BCUT2D eigenvalue weighted by molar-refractivity contribution is 4.93. The molecule has 0 N–H and O–H groups in total. The highest BCUT2D eigenvalue weighted by atomic mass is 16.6. The van der Waals surface area contributed by atoms with Gasteiger partial charge in [0.2, 0.25) is 0 Å². The molecule has 2 rings (SSSR count). The summed E-state index contributed by atoms with van der Waals surface area (Å²) in [5, 5.41) is 0. The Bertz CT molecular complexity index is 171. The summed E-state index contributed by atoms with van der Waals surface area (Å²) in [6, 6.07) is 0. The number of ether oxygens (including phenoxy) is 2. The van der Waals surface area contributed by atoms with E-state index in [4.69, 9.17) is 9.47 Å². The van der Waals surface area contributed by atoms with E-state index in [2.05, 4.69) is 20.8 Å². The van der Waals surface area contributed by atoms with Gasteiger partial charge in [-0.25, -0.2) is 0 Å². The van der Waals surface area contributed by atoms with Crippen LogP contribution in [0.25, 0.3) is 0 Å². The number of hydrogen-bond acceptors (Lipinski definition) is 2. The Kier molecular flexibility index (Phi) is 1.92. The van der Waals surface area contributed by atoms with Crippen molar-refractivity contribution in [2.24, 2.45) is 11.3 Å². The lowest BCUT2D eigenvalue weighted by Crippen LogP contribution is -2.32. The average molecular weight is 170 g/mol. The van der Waals surface area contributed by atoms with Gasteiger partial charge in [-0.05, 0) is 11.8 Å². The topological polar surface area (TPSA) is 18.5 Å². The van der Waals surface area contributed by atoms with E-state index in [9.17, 15) is 0 Å². The van der Waals surface area contributed by atoms with Crippen LogP contribution in [0.15, 0.2) is 0 Å². The van der Waals surface area contributed by atoms with Crippen molar-refractivity contribution in [2.45, 2.75) is 39.4 Å². The van der Waals surface area contributed by atoms with Crippen LogP contribution in [-0.2, 0) is 9.47 Å². The normalized spacial score (nSPS) is 41.8. The molecule has 2 aliphatic heterocycles. The molecule has 2 nitrogen and oxygen atoms in total. The summed E-state index contributed by atoms with van der Waals surface area (Å²) in [4.78, 5) is 0. The van der Waals surface area contributed by atoms with Crippen LogP contribution in [0.5, 0.6) is 0 Å². The van der Waals surface area contributed by atoms with Gasteiger partial charge in [0.25, 0.3) is 0 Å². The number of fused-ring (bicyclic) bond motifs is 1. The molecule has 12 heavy (non-hydrogen) atoms. The molecule has 0 radical (unpaired) electrons. The van der Waals surface area contributed by atoms with E-state index in [-0.39, 0.29) is 0 Å². The molecule has 0 spiro atoms. The SMILES string of the molecule is CC(C)(C)C1COC2CCOC21. The van der Waals surface area contributed by atoms with E-state index in [0.29, 0.717) is 23.5 Å². The van der Waals surface area contributed by atoms with Crippen molar-refractivity contribution in [1.82, 2.24) is 0 Å². The Morgan fingerprint density at radius 2 is 1.92 bits per heavy atom. The van der Waals surface area contributed by atoms with E-state index in [1.807, 2.05) is 0 Å². The van der Waals surface area contributed by atoms with Gasteiger partial charge in [0.05, 0.1) is 18.8 Å². The van der Waals surface area contributed by atoms with Crippen LogP contribution in [-0.4, -0.2) is 25.4 Å². The molecule has 3 unspecified atom stereocenters. The molecule has 0 saturated carbocycles. The van der Waals surface area contributed by atoms with Gasteiger partial charge in [-0.1, -0.05) is 20.8 Å². The highest BCUT2D eigenvalue weighted by Crippen LogP contribution is 2.40. The Balaban J connectivity index is 2.09. The summed E-state index contributed by atoms with van der Waals surface area (Å²) in [5.74, 6) is 0.588. The molecule has 2 heteroatoms. The third kappa shape index (κ3) is 1.27. The molecule has 2 saturated heterocycles. The molecule has 0 bridgehead atoms. The first-order valence-corrected chi connectivity index (χ1v) is 4.82. The Morgan fingerprint density at radius 3 is 2.58 bits per heavy atom. The van der Waals surface area contributed by atoms with Crippen LogP contribution in [0.2, 0.25) is 0 Å². The van der Waals surface area contributed by atoms with Crippen molar-refractivity contribution < 1.29 is 9.47 Å². The first kappa shape index (κ1) is 8.52. The lowest BCUT2D eigenvalue weighted by molar-refractivity contribution is 0.0346. The van der Waals surface area contributed by atoms with Crippen molar-refractivity contribution >= 4 is 0 Å². The quantitative estimate of drug-likeness (QED) is 0.552. The second kappa shape index (κ2) is 2.71. The average Bonchev–Trinajstić information content (AvgIpc) is 2.37. The molecule has 2 aliphatic rings. The van der Waals surface area contributed by atoms with Crippen molar-refractivity contribution in [3.8, 4) is 0 Å². The largest absolute Gasteiger partial charge is 0.375 e. The monoisotopic (exact) mass is 170 g/mol. The second-order valence-corrected chi connectivity index (χ2v) is 4.97. The molecule has 0 aromatic heterocycles. The molecule has 2 fully saturated rings. The lowest BCUT2D eigenvalue weighted by Gasteiger charge is -2.29. The van der Waals surface area contributed by atoms with Gasteiger partial charge in [-0.15, -0.1) is 0 Å². The smallest absolute Gasteiger partial charge is 0.0892 e. The first-order valence-electron chi connectivity index (χ1n) is 4.82. The third-order valence-electron chi connectivity index (χ3n) is 3.08. The van der Waals surface area contributed by atoms with Gasteiger partial charge < -0.3 is 9.47 Å². The molecule has 70 valence electrons. The van der Waals surface area contributed by atoms with Crippen LogP contribution < -0.4 is 0 Å². The van der Waals surface area contributed by atoms with Crippen LogP contribution in [0.4, 0.5) is 0 Å². The van der Waals surface area contributed by atoms with Crippen molar-refractivity contribution in [2.75, 3.05) is 13.2 Å². The van der Waals surface area contributed by atoms with E-state index in [1.165, 1.54) is 0 Å². The predicted molar refractivity (Wildman–Crippen MR) is 47.0 cm³/mol. The number of rotatable bonds is 0. The summed E-state index contributed by atoms with van der Waals surface area (Å²) in [6.45, 7) is 8.59. The summed E-state index contributed by atoms with van der Waals surface area (Å²) in [7, 11) is 0. The van der Waals surface area contributed by atoms with Gasteiger partial charge in [0.1, 0.15) is 0 Å². The molecular weight excluding hydrogens is 152 g/mol. The van der Waals surface area contributed by atoms with Gasteiger partial charge in [-0.2, -0.15) is 0 Å². The maximum atomic E-state index is 5.69. The zero-order valence-electron chi connectivity index (χ0n) is 8.17. The van der Waals surface area contributed by atoms with E-state index in [1.54, 1.807) is 0 Å². The number of hydrogen-bond donors (Lipinski definition) is 0. The fourth-order valence-electron chi connectivity index (χ4n) is 2.21. The van der Waals surface area contributed by atoms with Crippen molar-refractivity contribution in [3.05, 3.63) is 0 Å². The minimum Gasteiger partial charge on any atom is -0.375 e. The first-order chi connectivity index (χ1) is 5.59. The van der Waals surface area contributed by atoms with Gasteiger partial charge in [0, 0.05) is 12.5 Å². The van der Waals surface area contributed by atoms with E-state index >= 15 is 0 Å². The molecular formula is C10H18O2. The molecule has 0 amide bonds. The fourth-order valence-corrected chi connectivity index (χ4v) is 2.21. The summed E-state index contributed by atoms with van der Waals surface area (Å²) >= 11 is 0. The molecule has 0 aliphatic carbocycles. The van der Waals surface area contributed by atoms with Gasteiger partial charge in [0.15, 0.2) is 0 Å². The summed E-state index contributed by atoms with van der Waals surface area (Å²) in [5.41, 5.74) is 0.323. The zero-order valence-corrected chi connectivity index (χ0v) is 8.17. The maximum absolute atomic E-state index is 5.69. The molecule has 3 atom stereocenters. The highest BCUT2D eigenvalue weighted by Gasteiger charge is 2.46. The predicted octanol–water partition coefficient (Wildman–Crippen LogP) is 1.84. The van der Waals surface area contributed by atoms with Gasteiger partial charge >= 0.3 is 0 Å². The summed E-state index contributed by atoms with van der Waals surface area (Å²) in [6.07, 6.45) is 1.87. The minimum atomic E-state index is 0.323. The van der Waals surface area contributed by atoms with Crippen LogP contribution in [0.3, 0.4) is 0 Å². The lowest BCUT2D eigenvalue weighted by atomic mass is 9.78. The minimum absolute atomic E-state index is 0.323. The Morgan fingerprint density at radius 1 is 1.17 bits per heavy atom. The second-order valence-electron chi connectivity index (χ2n) is 4.97. The Labute approximate surface area is 74.2 Å². The van der Waals surface area contributed by atoms with Gasteiger partial charge in [-0.3, -0.25) is 0 Å². The van der Waals surface area contributed by atoms with Crippen LogP contribution >= 0.6 is 0 Å². The Hall–Kier alpha value is -0.0800. The van der Waals surface area contributed by atoms with Crippen molar-refractivity contribution in [3.63, 3.8) is 0 Å². The fraction of sp³-hybridized carbons (Fsp3) is 1.00. The third-order valence-corrected chi connectivity index (χ3v) is 3.08.